The van der Waals surface area contributed by atoms with Crippen molar-refractivity contribution >= 4 is 18.1 Å². The standard InChI is InChI=1S/C23H22N2O3.ClH/c26-23-13-19-11-12-24(15-17-7-3-1-4-8-17)16-21(18-9-5-2-6-10-18)20(19)14-22(23)25(27)28;/h1-10,13-14,21,26H,11-12,15-16H2;1H. The Hall–Kier alpha value is -2.89. The first-order valence-corrected chi connectivity index (χ1v) is 9.43. The van der Waals surface area contributed by atoms with Crippen LogP contribution in [0.5, 0.6) is 5.75 Å². The zero-order valence-electron chi connectivity index (χ0n) is 15.9. The summed E-state index contributed by atoms with van der Waals surface area (Å²) in [6.45, 7) is 2.43. The molecular formula is C23H23ClN2O3. The number of fused-ring (bicyclic) bond motifs is 1. The maximum absolute atomic E-state index is 11.4. The third kappa shape index (κ3) is 4.58. The van der Waals surface area contributed by atoms with Crippen LogP contribution in [0.15, 0.2) is 72.8 Å². The third-order valence-electron chi connectivity index (χ3n) is 5.40. The van der Waals surface area contributed by atoms with Gasteiger partial charge in [0.15, 0.2) is 5.75 Å². The zero-order chi connectivity index (χ0) is 19.5. The lowest BCUT2D eigenvalue weighted by Crippen LogP contribution is -2.28. The number of benzene rings is 3. The molecule has 150 valence electrons. The van der Waals surface area contributed by atoms with E-state index < -0.39 is 4.92 Å². The van der Waals surface area contributed by atoms with Gasteiger partial charge in [0.25, 0.3) is 0 Å². The Kier molecular flexibility index (Phi) is 6.52. The van der Waals surface area contributed by atoms with Crippen molar-refractivity contribution in [2.24, 2.45) is 0 Å². The molecule has 0 amide bonds. The first-order valence-electron chi connectivity index (χ1n) is 9.43. The molecule has 0 aliphatic carbocycles. The summed E-state index contributed by atoms with van der Waals surface area (Å²) in [6.07, 6.45) is 0.747. The second kappa shape index (κ2) is 9.07. The normalized spacial score (nSPS) is 16.3. The topological polar surface area (TPSA) is 66.6 Å². The molecular weight excluding hydrogens is 388 g/mol. The van der Waals surface area contributed by atoms with Gasteiger partial charge in [-0.1, -0.05) is 60.7 Å². The number of phenols is 1. The molecule has 0 bridgehead atoms. The predicted molar refractivity (Wildman–Crippen MR) is 116 cm³/mol. The molecule has 0 aromatic heterocycles. The summed E-state index contributed by atoms with van der Waals surface area (Å²) in [5.41, 5.74) is 4.06. The fourth-order valence-electron chi connectivity index (χ4n) is 4.01. The number of nitro groups is 1. The zero-order valence-corrected chi connectivity index (χ0v) is 16.7. The first kappa shape index (κ1) is 20.8. The molecule has 0 fully saturated rings. The van der Waals surface area contributed by atoms with Crippen LogP contribution in [0.2, 0.25) is 0 Å². The fraction of sp³-hybridized carbons (Fsp3) is 0.217. The molecule has 3 aromatic carbocycles. The van der Waals surface area contributed by atoms with E-state index in [9.17, 15) is 15.2 Å². The monoisotopic (exact) mass is 410 g/mol. The van der Waals surface area contributed by atoms with Gasteiger partial charge in [0.2, 0.25) is 0 Å². The first-order chi connectivity index (χ1) is 13.6. The van der Waals surface area contributed by atoms with Crippen LogP contribution >= 0.6 is 12.4 Å². The van der Waals surface area contributed by atoms with Crippen molar-refractivity contribution in [3.8, 4) is 5.75 Å². The maximum atomic E-state index is 11.4. The predicted octanol–water partition coefficient (Wildman–Crippen LogP) is 4.91. The molecule has 1 aliphatic rings. The van der Waals surface area contributed by atoms with Gasteiger partial charge >= 0.3 is 5.69 Å². The summed E-state index contributed by atoms with van der Waals surface area (Å²) < 4.78 is 0. The van der Waals surface area contributed by atoms with Gasteiger partial charge in [0.05, 0.1) is 4.92 Å². The van der Waals surface area contributed by atoms with Gasteiger partial charge < -0.3 is 5.11 Å². The summed E-state index contributed by atoms with van der Waals surface area (Å²) in [5, 5.41) is 21.5. The number of hydrogen-bond acceptors (Lipinski definition) is 4. The highest BCUT2D eigenvalue weighted by molar-refractivity contribution is 5.85. The Morgan fingerprint density at radius 2 is 1.69 bits per heavy atom. The Morgan fingerprint density at radius 1 is 1.03 bits per heavy atom. The Morgan fingerprint density at radius 3 is 2.34 bits per heavy atom. The van der Waals surface area contributed by atoms with Gasteiger partial charge in [-0.15, -0.1) is 12.4 Å². The highest BCUT2D eigenvalue weighted by atomic mass is 35.5. The molecule has 6 heteroatoms. The molecule has 1 heterocycles. The van der Waals surface area contributed by atoms with Gasteiger partial charge in [0.1, 0.15) is 0 Å². The van der Waals surface area contributed by atoms with Crippen LogP contribution in [-0.2, 0) is 13.0 Å². The van der Waals surface area contributed by atoms with Crippen molar-refractivity contribution < 1.29 is 10.0 Å². The molecule has 1 unspecified atom stereocenters. The Bertz CT molecular complexity index is 980. The number of phenolic OH excluding ortho intramolecular Hbond substituents is 1. The second-order valence-electron chi connectivity index (χ2n) is 7.23. The van der Waals surface area contributed by atoms with Crippen LogP contribution < -0.4 is 0 Å². The molecule has 0 spiro atoms. The van der Waals surface area contributed by atoms with Crippen molar-refractivity contribution in [1.29, 1.82) is 0 Å². The van der Waals surface area contributed by atoms with Gasteiger partial charge in [0, 0.05) is 31.6 Å². The van der Waals surface area contributed by atoms with E-state index >= 15 is 0 Å². The van der Waals surface area contributed by atoms with E-state index in [1.54, 1.807) is 12.1 Å². The minimum Gasteiger partial charge on any atom is -0.502 e. The molecule has 1 N–H and O–H groups in total. The average molecular weight is 411 g/mol. The molecule has 0 saturated heterocycles. The molecule has 3 aromatic rings. The van der Waals surface area contributed by atoms with E-state index in [1.807, 2.05) is 36.4 Å². The largest absolute Gasteiger partial charge is 0.502 e. The summed E-state index contributed by atoms with van der Waals surface area (Å²) in [7, 11) is 0. The quantitative estimate of drug-likeness (QED) is 0.490. The van der Waals surface area contributed by atoms with Crippen molar-refractivity contribution in [3.05, 3.63) is 105 Å². The minimum atomic E-state index is -0.510. The van der Waals surface area contributed by atoms with E-state index in [1.165, 1.54) is 5.56 Å². The van der Waals surface area contributed by atoms with Crippen LogP contribution in [0.1, 0.15) is 28.2 Å². The lowest BCUT2D eigenvalue weighted by Gasteiger charge is -2.25. The molecule has 29 heavy (non-hydrogen) atoms. The lowest BCUT2D eigenvalue weighted by atomic mass is 9.87. The smallest absolute Gasteiger partial charge is 0.311 e. The Balaban J connectivity index is 0.00000240. The Labute approximate surface area is 176 Å². The van der Waals surface area contributed by atoms with Crippen LogP contribution in [0, 0.1) is 10.1 Å². The van der Waals surface area contributed by atoms with E-state index in [-0.39, 0.29) is 29.8 Å². The summed E-state index contributed by atoms with van der Waals surface area (Å²) in [5.74, 6) is -0.242. The van der Waals surface area contributed by atoms with Crippen molar-refractivity contribution in [3.63, 3.8) is 0 Å². The van der Waals surface area contributed by atoms with Crippen LogP contribution in [0.4, 0.5) is 5.69 Å². The van der Waals surface area contributed by atoms with Gasteiger partial charge in [-0.3, -0.25) is 15.0 Å². The lowest BCUT2D eigenvalue weighted by molar-refractivity contribution is -0.385. The second-order valence-corrected chi connectivity index (χ2v) is 7.23. The molecule has 4 rings (SSSR count). The van der Waals surface area contributed by atoms with Crippen molar-refractivity contribution in [1.82, 2.24) is 4.90 Å². The number of nitrogens with zero attached hydrogens (tertiary/aromatic N) is 2. The fourth-order valence-corrected chi connectivity index (χ4v) is 4.01. The van der Waals surface area contributed by atoms with Gasteiger partial charge in [-0.25, -0.2) is 0 Å². The highest BCUT2D eigenvalue weighted by Gasteiger charge is 2.28. The third-order valence-corrected chi connectivity index (χ3v) is 5.40. The summed E-state index contributed by atoms with van der Waals surface area (Å²) in [6, 6.07) is 23.6. The van der Waals surface area contributed by atoms with E-state index in [0.29, 0.717) is 0 Å². The number of halogens is 1. The van der Waals surface area contributed by atoms with Crippen LogP contribution in [-0.4, -0.2) is 28.0 Å². The van der Waals surface area contributed by atoms with E-state index in [2.05, 4.69) is 29.2 Å². The van der Waals surface area contributed by atoms with Gasteiger partial charge in [-0.05, 0) is 34.7 Å². The minimum absolute atomic E-state index is 0. The molecule has 1 aliphatic heterocycles. The molecule has 5 nitrogen and oxygen atoms in total. The SMILES string of the molecule is Cl.O=[N+]([O-])c1cc2c(cc1O)CCN(Cc1ccccc1)CC2c1ccccc1. The van der Waals surface area contributed by atoms with Crippen molar-refractivity contribution in [2.75, 3.05) is 13.1 Å². The number of aromatic hydroxyl groups is 1. The molecule has 0 saturated carbocycles. The maximum Gasteiger partial charge on any atom is 0.311 e. The van der Waals surface area contributed by atoms with Crippen LogP contribution in [0.25, 0.3) is 0 Å². The average Bonchev–Trinajstić information content (AvgIpc) is 2.88. The van der Waals surface area contributed by atoms with Crippen LogP contribution in [0.3, 0.4) is 0 Å². The number of hydrogen-bond donors (Lipinski definition) is 1. The van der Waals surface area contributed by atoms with Crippen molar-refractivity contribution in [2.45, 2.75) is 18.9 Å². The number of nitro benzene ring substituents is 1. The summed E-state index contributed by atoms with van der Waals surface area (Å²) in [4.78, 5) is 13.3. The molecule has 1 atom stereocenters. The van der Waals surface area contributed by atoms with Gasteiger partial charge in [-0.2, -0.15) is 0 Å². The highest BCUT2D eigenvalue weighted by Crippen LogP contribution is 2.38. The summed E-state index contributed by atoms with van der Waals surface area (Å²) >= 11 is 0. The molecule has 0 radical (unpaired) electrons. The van der Waals surface area contributed by atoms with E-state index in [4.69, 9.17) is 0 Å². The number of rotatable bonds is 4. The van der Waals surface area contributed by atoms with E-state index in [0.717, 1.165) is 42.7 Å².